The molecule has 0 saturated heterocycles. The van der Waals surface area contributed by atoms with Crippen molar-refractivity contribution in [3.05, 3.63) is 62.2 Å². The normalized spacial score (nSPS) is 13.0. The van der Waals surface area contributed by atoms with Crippen molar-refractivity contribution in [1.82, 2.24) is 0 Å². The molecule has 0 radical (unpaired) electrons. The maximum absolute atomic E-state index is 13.0. The van der Waals surface area contributed by atoms with Crippen LogP contribution in [0.5, 0.6) is 0 Å². The van der Waals surface area contributed by atoms with Gasteiger partial charge >= 0.3 is 6.18 Å². The minimum atomic E-state index is -4.37. The van der Waals surface area contributed by atoms with Crippen LogP contribution in [0, 0.1) is 3.57 Å². The molecule has 0 bridgehead atoms. The van der Waals surface area contributed by atoms with E-state index in [0.29, 0.717) is 10.7 Å². The van der Waals surface area contributed by atoms with Crippen LogP contribution < -0.4 is 5.32 Å². The minimum absolute atomic E-state index is 0.194. The van der Waals surface area contributed by atoms with Crippen molar-refractivity contribution < 1.29 is 13.2 Å². The highest BCUT2D eigenvalue weighted by molar-refractivity contribution is 14.1. The van der Waals surface area contributed by atoms with Crippen molar-refractivity contribution in [1.29, 1.82) is 0 Å². The van der Waals surface area contributed by atoms with E-state index in [0.717, 1.165) is 9.64 Å². The lowest BCUT2D eigenvalue weighted by atomic mass is 10.0. The molecule has 112 valence electrons. The number of hydrogen-bond donors (Lipinski definition) is 1. The fraction of sp³-hybridized carbons (Fsp3) is 0.200. The third-order valence-electron chi connectivity index (χ3n) is 3.04. The van der Waals surface area contributed by atoms with Crippen molar-refractivity contribution in [2.24, 2.45) is 0 Å². The van der Waals surface area contributed by atoms with Gasteiger partial charge < -0.3 is 5.32 Å². The molecule has 1 atom stereocenters. The summed E-state index contributed by atoms with van der Waals surface area (Å²) in [6, 6.07) is 10.4. The third-order valence-corrected chi connectivity index (χ3v) is 4.02. The molecule has 2 aromatic rings. The van der Waals surface area contributed by atoms with E-state index in [1.807, 2.05) is 6.07 Å². The van der Waals surface area contributed by atoms with Gasteiger partial charge in [-0.05, 0) is 59.3 Å². The molecule has 0 spiro atoms. The van der Waals surface area contributed by atoms with Crippen LogP contribution in [0.15, 0.2) is 42.5 Å². The first-order valence-corrected chi connectivity index (χ1v) is 7.62. The van der Waals surface area contributed by atoms with E-state index in [-0.39, 0.29) is 5.56 Å². The van der Waals surface area contributed by atoms with Crippen LogP contribution in [0.4, 0.5) is 18.9 Å². The molecule has 0 heterocycles. The number of benzene rings is 2. The predicted octanol–water partition coefficient (Wildman–Crippen LogP) is 6.14. The second-order valence-corrected chi connectivity index (χ2v) is 6.23. The summed E-state index contributed by atoms with van der Waals surface area (Å²) in [6.45, 7) is 1.68. The van der Waals surface area contributed by atoms with Gasteiger partial charge in [-0.25, -0.2) is 0 Å². The van der Waals surface area contributed by atoms with Crippen LogP contribution in [0.3, 0.4) is 0 Å². The van der Waals surface area contributed by atoms with Gasteiger partial charge in [0.2, 0.25) is 0 Å². The number of anilines is 1. The molecule has 1 N–H and O–H groups in total. The molecule has 0 aliphatic heterocycles. The summed E-state index contributed by atoms with van der Waals surface area (Å²) < 4.78 is 40.0. The van der Waals surface area contributed by atoms with Crippen LogP contribution in [-0.2, 0) is 6.18 Å². The summed E-state index contributed by atoms with van der Waals surface area (Å²) in [6.07, 6.45) is -4.37. The summed E-state index contributed by atoms with van der Waals surface area (Å²) >= 11 is 8.22. The molecule has 0 fully saturated rings. The molecule has 0 aromatic heterocycles. The first-order chi connectivity index (χ1) is 9.79. The molecule has 0 amide bonds. The van der Waals surface area contributed by atoms with Gasteiger partial charge in [0.05, 0.1) is 16.3 Å². The maximum Gasteiger partial charge on any atom is 0.416 e. The molecule has 1 unspecified atom stereocenters. The van der Waals surface area contributed by atoms with Crippen LogP contribution in [-0.4, -0.2) is 0 Å². The Morgan fingerprint density at radius 2 is 1.81 bits per heavy atom. The second-order valence-electron chi connectivity index (χ2n) is 4.58. The summed E-state index contributed by atoms with van der Waals surface area (Å²) in [5.41, 5.74) is 0.174. The number of hydrogen-bond acceptors (Lipinski definition) is 1. The monoisotopic (exact) mass is 425 g/mol. The first-order valence-electron chi connectivity index (χ1n) is 6.16. The van der Waals surface area contributed by atoms with E-state index in [1.165, 1.54) is 12.1 Å². The van der Waals surface area contributed by atoms with Gasteiger partial charge in [-0.2, -0.15) is 13.2 Å². The van der Waals surface area contributed by atoms with Gasteiger partial charge in [-0.1, -0.05) is 29.8 Å². The Bertz CT molecular complexity index is 643. The smallest absolute Gasteiger partial charge is 0.377 e. The third kappa shape index (κ3) is 4.03. The molecule has 0 saturated carbocycles. The van der Waals surface area contributed by atoms with Crippen molar-refractivity contribution in [3.63, 3.8) is 0 Å². The fourth-order valence-electron chi connectivity index (χ4n) is 2.05. The fourth-order valence-corrected chi connectivity index (χ4v) is 2.96. The predicted molar refractivity (Wildman–Crippen MR) is 87.7 cm³/mol. The zero-order valence-corrected chi connectivity index (χ0v) is 13.9. The topological polar surface area (TPSA) is 12.0 Å². The summed E-state index contributed by atoms with van der Waals surface area (Å²) in [4.78, 5) is 0. The standard InChI is InChI=1S/C15H12ClF3IN/c1-9(21-14-7-6-10(20)8-13(14)16)11-4-2-3-5-12(11)15(17,18)19/h2-9,21H,1H3. The molecule has 2 rings (SSSR count). The second kappa shape index (κ2) is 6.44. The zero-order valence-electron chi connectivity index (χ0n) is 11.0. The lowest BCUT2D eigenvalue weighted by Gasteiger charge is -2.21. The largest absolute Gasteiger partial charge is 0.416 e. The lowest BCUT2D eigenvalue weighted by Crippen LogP contribution is -2.15. The first kappa shape index (κ1) is 16.4. The van der Waals surface area contributed by atoms with E-state index >= 15 is 0 Å². The van der Waals surface area contributed by atoms with Crippen LogP contribution in [0.25, 0.3) is 0 Å². The number of rotatable bonds is 3. The van der Waals surface area contributed by atoms with E-state index in [4.69, 9.17) is 11.6 Å². The van der Waals surface area contributed by atoms with E-state index in [9.17, 15) is 13.2 Å². The Kier molecular flexibility index (Phi) is 5.03. The molecule has 6 heteroatoms. The Balaban J connectivity index is 2.31. The number of alkyl halides is 3. The molecule has 0 aliphatic carbocycles. The average Bonchev–Trinajstić information content (AvgIpc) is 2.41. The van der Waals surface area contributed by atoms with Crippen LogP contribution >= 0.6 is 34.2 Å². The van der Waals surface area contributed by atoms with Crippen molar-refractivity contribution in [3.8, 4) is 0 Å². The Morgan fingerprint density at radius 3 is 2.43 bits per heavy atom. The Hall–Kier alpha value is -0.950. The zero-order chi connectivity index (χ0) is 15.6. The van der Waals surface area contributed by atoms with Crippen LogP contribution in [0.2, 0.25) is 5.02 Å². The minimum Gasteiger partial charge on any atom is -0.377 e. The van der Waals surface area contributed by atoms with Crippen molar-refractivity contribution in [2.75, 3.05) is 5.32 Å². The molecular weight excluding hydrogens is 414 g/mol. The average molecular weight is 426 g/mol. The van der Waals surface area contributed by atoms with Crippen LogP contribution in [0.1, 0.15) is 24.1 Å². The highest BCUT2D eigenvalue weighted by Crippen LogP contribution is 2.36. The van der Waals surface area contributed by atoms with Gasteiger partial charge in [0.1, 0.15) is 0 Å². The van der Waals surface area contributed by atoms with Gasteiger partial charge in [-0.15, -0.1) is 0 Å². The Labute approximate surface area is 139 Å². The lowest BCUT2D eigenvalue weighted by molar-refractivity contribution is -0.138. The van der Waals surface area contributed by atoms with Gasteiger partial charge in [0, 0.05) is 9.61 Å². The number of halogens is 5. The van der Waals surface area contributed by atoms with E-state index < -0.39 is 17.8 Å². The summed E-state index contributed by atoms with van der Waals surface area (Å²) in [7, 11) is 0. The summed E-state index contributed by atoms with van der Waals surface area (Å²) in [5, 5.41) is 3.52. The molecule has 21 heavy (non-hydrogen) atoms. The highest BCUT2D eigenvalue weighted by Gasteiger charge is 2.34. The molecule has 2 aromatic carbocycles. The van der Waals surface area contributed by atoms with Gasteiger partial charge in [0.25, 0.3) is 0 Å². The SMILES string of the molecule is CC(Nc1ccc(I)cc1Cl)c1ccccc1C(F)(F)F. The van der Waals surface area contributed by atoms with Gasteiger partial charge in [0.15, 0.2) is 0 Å². The van der Waals surface area contributed by atoms with E-state index in [1.54, 1.807) is 25.1 Å². The summed E-state index contributed by atoms with van der Waals surface area (Å²) in [5.74, 6) is 0. The van der Waals surface area contributed by atoms with E-state index in [2.05, 4.69) is 27.9 Å². The maximum atomic E-state index is 13.0. The van der Waals surface area contributed by atoms with Crippen molar-refractivity contribution in [2.45, 2.75) is 19.1 Å². The molecule has 0 aliphatic rings. The Morgan fingerprint density at radius 1 is 1.14 bits per heavy atom. The number of nitrogens with one attached hydrogen (secondary N) is 1. The highest BCUT2D eigenvalue weighted by atomic mass is 127. The van der Waals surface area contributed by atoms with Crippen molar-refractivity contribution >= 4 is 39.9 Å². The van der Waals surface area contributed by atoms with Gasteiger partial charge in [-0.3, -0.25) is 0 Å². The quantitative estimate of drug-likeness (QED) is 0.583. The molecule has 1 nitrogen and oxygen atoms in total. The molecular formula is C15H12ClF3IN.